The van der Waals surface area contributed by atoms with Crippen LogP contribution in [0.1, 0.15) is 23.1 Å². The Morgan fingerprint density at radius 3 is 2.20 bits per heavy atom. The number of hydrogen-bond acceptors (Lipinski definition) is 5. The van der Waals surface area contributed by atoms with E-state index in [2.05, 4.69) is 14.9 Å². The summed E-state index contributed by atoms with van der Waals surface area (Å²) in [5.74, 6) is -0.674. The lowest BCUT2D eigenvalue weighted by Gasteiger charge is -2.16. The molecule has 3 aromatic carbocycles. The molecule has 0 aliphatic heterocycles. The van der Waals surface area contributed by atoms with Crippen molar-refractivity contribution in [3.8, 4) is 11.5 Å². The van der Waals surface area contributed by atoms with Gasteiger partial charge in [-0.1, -0.05) is 66.7 Å². The van der Waals surface area contributed by atoms with Gasteiger partial charge < -0.3 is 4.42 Å². The minimum Gasteiger partial charge on any atom is -0.419 e. The number of sulfonamides is 1. The Kier molecular flexibility index (Phi) is 5.69. The zero-order valence-electron chi connectivity index (χ0n) is 15.8. The molecule has 4 aromatic rings. The van der Waals surface area contributed by atoms with Crippen molar-refractivity contribution in [1.82, 2.24) is 14.9 Å². The number of aromatic nitrogens is 2. The predicted octanol–water partition coefficient (Wildman–Crippen LogP) is 4.08. The molecule has 1 atom stereocenters. The van der Waals surface area contributed by atoms with Crippen LogP contribution >= 0.6 is 0 Å². The smallest absolute Gasteiger partial charge is 0.247 e. The molecule has 6 nitrogen and oxygen atoms in total. The molecule has 0 bridgehead atoms. The van der Waals surface area contributed by atoms with Crippen molar-refractivity contribution in [1.29, 1.82) is 0 Å². The third-order valence-corrected chi connectivity index (χ3v) is 5.73. The Hall–Kier alpha value is -3.36. The molecule has 0 radical (unpaired) electrons. The van der Waals surface area contributed by atoms with E-state index in [1.165, 1.54) is 18.2 Å². The highest BCUT2D eigenvalue weighted by molar-refractivity contribution is 7.88. The van der Waals surface area contributed by atoms with Crippen molar-refractivity contribution in [2.45, 2.75) is 11.8 Å². The van der Waals surface area contributed by atoms with Crippen molar-refractivity contribution in [2.24, 2.45) is 0 Å². The van der Waals surface area contributed by atoms with E-state index in [1.807, 2.05) is 18.2 Å². The first-order chi connectivity index (χ1) is 14.5. The molecule has 0 fully saturated rings. The second-order valence-corrected chi connectivity index (χ2v) is 8.38. The molecule has 0 saturated heterocycles. The molecule has 30 heavy (non-hydrogen) atoms. The van der Waals surface area contributed by atoms with Crippen molar-refractivity contribution in [3.05, 3.63) is 108 Å². The third-order valence-electron chi connectivity index (χ3n) is 4.42. The predicted molar refractivity (Wildman–Crippen MR) is 110 cm³/mol. The number of nitrogens with zero attached hydrogens (tertiary/aromatic N) is 2. The van der Waals surface area contributed by atoms with Crippen molar-refractivity contribution < 1.29 is 17.2 Å². The fraction of sp³-hybridized carbons (Fsp3) is 0.0909. The van der Waals surface area contributed by atoms with Gasteiger partial charge in [0, 0.05) is 11.1 Å². The average Bonchev–Trinajstić information content (AvgIpc) is 3.24. The van der Waals surface area contributed by atoms with E-state index >= 15 is 0 Å². The Bertz CT molecular complexity index is 1230. The van der Waals surface area contributed by atoms with E-state index in [0.717, 1.165) is 0 Å². The zero-order valence-corrected chi connectivity index (χ0v) is 16.6. The lowest BCUT2D eigenvalue weighted by molar-refractivity contribution is 0.455. The summed E-state index contributed by atoms with van der Waals surface area (Å²) in [5.41, 5.74) is 1.38. The standard InChI is InChI=1S/C22H18FN3O3S/c23-19-14-8-7-13-18(19)20(26-30(27,28)15-16-9-3-1-4-10-16)22-25-24-21(29-22)17-11-5-2-6-12-17/h1-14,20,26H,15H2. The number of rotatable bonds is 7. The van der Waals surface area contributed by atoms with Gasteiger partial charge in [0.25, 0.3) is 0 Å². The van der Waals surface area contributed by atoms with Crippen molar-refractivity contribution in [3.63, 3.8) is 0 Å². The molecule has 1 N–H and O–H groups in total. The molecule has 4 rings (SSSR count). The number of halogens is 1. The Labute approximate surface area is 173 Å². The highest BCUT2D eigenvalue weighted by Gasteiger charge is 2.28. The quantitative estimate of drug-likeness (QED) is 0.484. The van der Waals surface area contributed by atoms with Crippen LogP contribution in [0.25, 0.3) is 11.5 Å². The maximum Gasteiger partial charge on any atom is 0.247 e. The van der Waals surface area contributed by atoms with Crippen LogP contribution < -0.4 is 4.72 Å². The van der Waals surface area contributed by atoms with Crippen LogP contribution in [-0.4, -0.2) is 18.6 Å². The van der Waals surface area contributed by atoms with Gasteiger partial charge in [0.1, 0.15) is 11.9 Å². The van der Waals surface area contributed by atoms with Gasteiger partial charge in [-0.05, 0) is 23.8 Å². The average molecular weight is 423 g/mol. The second kappa shape index (κ2) is 8.56. The normalized spacial score (nSPS) is 12.6. The highest BCUT2D eigenvalue weighted by Crippen LogP contribution is 2.27. The molecular weight excluding hydrogens is 405 g/mol. The van der Waals surface area contributed by atoms with E-state index < -0.39 is 21.9 Å². The molecule has 0 spiro atoms. The summed E-state index contributed by atoms with van der Waals surface area (Å²) in [5, 5.41) is 7.99. The van der Waals surface area contributed by atoms with Gasteiger partial charge in [-0.25, -0.2) is 12.8 Å². The number of hydrogen-bond donors (Lipinski definition) is 1. The molecule has 0 saturated carbocycles. The van der Waals surface area contributed by atoms with Crippen LogP contribution in [0.15, 0.2) is 89.3 Å². The molecular formula is C22H18FN3O3S. The third kappa shape index (κ3) is 4.61. The Balaban J connectivity index is 1.69. The number of benzene rings is 3. The van der Waals surface area contributed by atoms with Gasteiger partial charge in [0.15, 0.2) is 0 Å². The Morgan fingerprint density at radius 1 is 0.867 bits per heavy atom. The van der Waals surface area contributed by atoms with Gasteiger partial charge in [-0.2, -0.15) is 4.72 Å². The van der Waals surface area contributed by atoms with Gasteiger partial charge in [-0.3, -0.25) is 0 Å². The van der Waals surface area contributed by atoms with Crippen LogP contribution in [0.4, 0.5) is 4.39 Å². The van der Waals surface area contributed by atoms with Crippen molar-refractivity contribution >= 4 is 10.0 Å². The molecule has 0 aliphatic carbocycles. The molecule has 1 heterocycles. The van der Waals surface area contributed by atoms with Gasteiger partial charge in [0.2, 0.25) is 21.8 Å². The van der Waals surface area contributed by atoms with E-state index in [0.29, 0.717) is 11.1 Å². The first-order valence-electron chi connectivity index (χ1n) is 9.19. The van der Waals surface area contributed by atoms with E-state index in [-0.39, 0.29) is 23.1 Å². The summed E-state index contributed by atoms with van der Waals surface area (Å²) in [4.78, 5) is 0. The summed E-state index contributed by atoms with van der Waals surface area (Å²) in [7, 11) is -3.85. The van der Waals surface area contributed by atoms with Crippen LogP contribution in [0.3, 0.4) is 0 Å². The SMILES string of the molecule is O=S(=O)(Cc1ccccc1)NC(c1nnc(-c2ccccc2)o1)c1ccccc1F. The minimum atomic E-state index is -3.85. The maximum atomic E-state index is 14.5. The summed E-state index contributed by atoms with van der Waals surface area (Å²) >= 11 is 0. The van der Waals surface area contributed by atoms with Crippen LogP contribution in [0.2, 0.25) is 0 Å². The van der Waals surface area contributed by atoms with Crippen LogP contribution in [0.5, 0.6) is 0 Å². The lowest BCUT2D eigenvalue weighted by Crippen LogP contribution is -2.31. The fourth-order valence-corrected chi connectivity index (χ4v) is 4.32. The minimum absolute atomic E-state index is 0.0458. The van der Waals surface area contributed by atoms with Gasteiger partial charge in [0.05, 0.1) is 5.75 Å². The van der Waals surface area contributed by atoms with Gasteiger partial charge >= 0.3 is 0 Å². The van der Waals surface area contributed by atoms with Crippen molar-refractivity contribution in [2.75, 3.05) is 0 Å². The highest BCUT2D eigenvalue weighted by atomic mass is 32.2. The summed E-state index contributed by atoms with van der Waals surface area (Å²) < 4.78 is 48.4. The molecule has 8 heteroatoms. The van der Waals surface area contributed by atoms with E-state index in [9.17, 15) is 12.8 Å². The monoisotopic (exact) mass is 423 g/mol. The van der Waals surface area contributed by atoms with Crippen LogP contribution in [0, 0.1) is 5.82 Å². The topological polar surface area (TPSA) is 85.1 Å². The summed E-state index contributed by atoms with van der Waals surface area (Å²) in [6.45, 7) is 0. The molecule has 1 aromatic heterocycles. The van der Waals surface area contributed by atoms with Crippen LogP contribution in [-0.2, 0) is 15.8 Å². The van der Waals surface area contributed by atoms with E-state index in [1.54, 1.807) is 48.5 Å². The first-order valence-corrected chi connectivity index (χ1v) is 10.8. The zero-order chi connectivity index (χ0) is 21.0. The molecule has 152 valence electrons. The first kappa shape index (κ1) is 19.9. The Morgan fingerprint density at radius 2 is 1.50 bits per heavy atom. The van der Waals surface area contributed by atoms with Gasteiger partial charge in [-0.15, -0.1) is 10.2 Å². The molecule has 0 amide bonds. The second-order valence-electron chi connectivity index (χ2n) is 6.63. The molecule has 0 aliphatic rings. The summed E-state index contributed by atoms with van der Waals surface area (Å²) in [6, 6.07) is 22.5. The maximum absolute atomic E-state index is 14.5. The lowest BCUT2D eigenvalue weighted by atomic mass is 10.1. The molecule has 1 unspecified atom stereocenters. The van der Waals surface area contributed by atoms with E-state index in [4.69, 9.17) is 4.42 Å². The number of nitrogens with one attached hydrogen (secondary N) is 1. The fourth-order valence-electron chi connectivity index (χ4n) is 3.02. The summed E-state index contributed by atoms with van der Waals surface area (Å²) in [6.07, 6.45) is 0. The largest absolute Gasteiger partial charge is 0.419 e.